The Balaban J connectivity index is 1.14. The highest BCUT2D eigenvalue weighted by molar-refractivity contribution is 7.99. The third-order valence-corrected chi connectivity index (χ3v) is 11.0. The molecule has 0 spiro atoms. The second-order valence-electron chi connectivity index (χ2n) is 12.7. The van der Waals surface area contributed by atoms with Crippen LogP contribution in [0, 0.1) is 0 Å². The summed E-state index contributed by atoms with van der Waals surface area (Å²) in [6.45, 7) is 0. The van der Waals surface area contributed by atoms with Gasteiger partial charge in [0.1, 0.15) is 11.3 Å². The lowest BCUT2D eigenvalue weighted by molar-refractivity contribution is 1.10. The molecule has 0 aliphatic carbocycles. The van der Waals surface area contributed by atoms with Gasteiger partial charge in [-0.2, -0.15) is 0 Å². The van der Waals surface area contributed by atoms with Crippen LogP contribution in [0.2, 0.25) is 0 Å². The zero-order valence-electron chi connectivity index (χ0n) is 27.1. The molecule has 10 aromatic rings. The molecule has 0 bridgehead atoms. The van der Waals surface area contributed by atoms with Crippen molar-refractivity contribution in [1.82, 2.24) is 24.5 Å². The first-order valence-electron chi connectivity index (χ1n) is 16.9. The summed E-state index contributed by atoms with van der Waals surface area (Å²) in [7, 11) is 0. The lowest BCUT2D eigenvalue weighted by atomic mass is 10.0. The maximum absolute atomic E-state index is 5.45. The molecule has 4 aromatic heterocycles. The van der Waals surface area contributed by atoms with Crippen LogP contribution in [-0.2, 0) is 0 Å². The average molecular weight is 671 g/mol. The van der Waals surface area contributed by atoms with Crippen LogP contribution >= 0.6 is 11.8 Å². The second kappa shape index (κ2) is 11.0. The molecule has 51 heavy (non-hydrogen) atoms. The lowest BCUT2D eigenvalue weighted by Crippen LogP contribution is -2.16. The number of rotatable bonds is 3. The second-order valence-corrected chi connectivity index (χ2v) is 13.8. The fourth-order valence-corrected chi connectivity index (χ4v) is 8.70. The minimum absolute atomic E-state index is 0.799. The summed E-state index contributed by atoms with van der Waals surface area (Å²) in [5, 5.41) is 4.35. The first-order valence-corrected chi connectivity index (χ1v) is 17.7. The summed E-state index contributed by atoms with van der Waals surface area (Å²) in [5.41, 5.74) is 10.9. The van der Waals surface area contributed by atoms with Crippen LogP contribution in [0.15, 0.2) is 168 Å². The molecule has 0 atom stereocenters. The van der Waals surface area contributed by atoms with Gasteiger partial charge in [-0.3, -0.25) is 14.9 Å². The highest BCUT2D eigenvalue weighted by Crippen LogP contribution is 2.52. The third kappa shape index (κ3) is 4.25. The van der Waals surface area contributed by atoms with E-state index in [2.05, 4.69) is 137 Å². The molecule has 0 fully saturated rings. The fraction of sp³-hybridized carbons (Fsp3) is 0. The maximum atomic E-state index is 5.45. The minimum atomic E-state index is 0.799. The Morgan fingerprint density at radius 3 is 1.84 bits per heavy atom. The molecule has 0 saturated heterocycles. The number of benzene rings is 6. The lowest BCUT2D eigenvalue weighted by Gasteiger charge is -2.32. The highest BCUT2D eigenvalue weighted by atomic mass is 32.2. The van der Waals surface area contributed by atoms with E-state index in [1.54, 1.807) is 24.2 Å². The first kappa shape index (κ1) is 28.3. The van der Waals surface area contributed by atoms with Crippen LogP contribution in [0.25, 0.3) is 71.6 Å². The van der Waals surface area contributed by atoms with Crippen molar-refractivity contribution in [3.8, 4) is 16.9 Å². The van der Waals surface area contributed by atoms with Crippen molar-refractivity contribution in [2.75, 3.05) is 4.90 Å². The Hall–Kier alpha value is -6.57. The molecular weight excluding hydrogens is 645 g/mol. The van der Waals surface area contributed by atoms with Crippen molar-refractivity contribution in [3.05, 3.63) is 158 Å². The zero-order chi connectivity index (χ0) is 33.5. The maximum Gasteiger partial charge on any atom is 0.138 e. The van der Waals surface area contributed by atoms with Crippen molar-refractivity contribution >= 4 is 83.6 Å². The number of hydrogen-bond donors (Lipinski definition) is 0. The van der Waals surface area contributed by atoms with E-state index in [1.165, 1.54) is 26.7 Å². The van der Waals surface area contributed by atoms with E-state index in [-0.39, 0.29) is 0 Å². The van der Waals surface area contributed by atoms with Gasteiger partial charge in [0.25, 0.3) is 0 Å². The van der Waals surface area contributed by atoms with Gasteiger partial charge in [-0.05, 0) is 66.7 Å². The van der Waals surface area contributed by atoms with Crippen molar-refractivity contribution in [2.24, 2.45) is 0 Å². The van der Waals surface area contributed by atoms with E-state index >= 15 is 0 Å². The van der Waals surface area contributed by atoms with Gasteiger partial charge in [-0.15, -0.1) is 0 Å². The number of pyridine rings is 2. The molecule has 1 aliphatic rings. The first-order chi connectivity index (χ1) is 25.3. The number of para-hydroxylation sites is 3. The third-order valence-electron chi connectivity index (χ3n) is 9.86. The standard InChI is InChI=1S/C44H26N6S/c1-2-10-27(11-3-1)33-21-19-31-41-42(46-25-24-45-41)32-20-23-40(48-44(32)43(31)47-33)50-36-16-8-9-17-38(36)51-39-26-28(18-22-37(39)50)49-34-14-6-4-12-29(34)30-13-5-7-15-35(30)49/h1-26H. The molecule has 1 aliphatic heterocycles. The van der Waals surface area contributed by atoms with Gasteiger partial charge < -0.3 is 4.57 Å². The van der Waals surface area contributed by atoms with Gasteiger partial charge >= 0.3 is 0 Å². The summed E-state index contributed by atoms with van der Waals surface area (Å²) in [6.07, 6.45) is 3.49. The predicted octanol–water partition coefficient (Wildman–Crippen LogP) is 11.4. The number of nitrogens with zero attached hydrogens (tertiary/aromatic N) is 6. The molecule has 6 nitrogen and oxygen atoms in total. The van der Waals surface area contributed by atoms with E-state index in [1.807, 2.05) is 18.2 Å². The molecule has 238 valence electrons. The monoisotopic (exact) mass is 670 g/mol. The van der Waals surface area contributed by atoms with Gasteiger partial charge in [-0.25, -0.2) is 9.97 Å². The quantitative estimate of drug-likeness (QED) is 0.174. The Morgan fingerprint density at radius 2 is 1.08 bits per heavy atom. The van der Waals surface area contributed by atoms with E-state index in [0.29, 0.717) is 0 Å². The molecule has 6 aromatic carbocycles. The van der Waals surface area contributed by atoms with Crippen LogP contribution in [0.4, 0.5) is 17.2 Å². The van der Waals surface area contributed by atoms with E-state index in [0.717, 1.165) is 71.9 Å². The van der Waals surface area contributed by atoms with Crippen molar-refractivity contribution in [2.45, 2.75) is 9.79 Å². The largest absolute Gasteiger partial charge is 0.309 e. The molecule has 0 radical (unpaired) electrons. The molecule has 11 rings (SSSR count). The molecule has 5 heterocycles. The Labute approximate surface area is 296 Å². The fourth-order valence-electron chi connectivity index (χ4n) is 7.61. The molecule has 7 heteroatoms. The molecule has 0 saturated carbocycles. The predicted molar refractivity (Wildman–Crippen MR) is 209 cm³/mol. The van der Waals surface area contributed by atoms with E-state index in [9.17, 15) is 0 Å². The Kier molecular flexibility index (Phi) is 6.08. The van der Waals surface area contributed by atoms with Gasteiger partial charge in [0.2, 0.25) is 0 Å². The highest BCUT2D eigenvalue weighted by Gasteiger charge is 2.27. The van der Waals surface area contributed by atoms with Crippen LogP contribution in [0.3, 0.4) is 0 Å². The number of fused-ring (bicyclic) bond motifs is 11. The zero-order valence-corrected chi connectivity index (χ0v) is 27.9. The molecule has 0 amide bonds. The van der Waals surface area contributed by atoms with Gasteiger partial charge in [0.05, 0.1) is 44.7 Å². The smallest absolute Gasteiger partial charge is 0.138 e. The Bertz CT molecular complexity index is 2970. The topological polar surface area (TPSA) is 59.7 Å². The summed E-state index contributed by atoms with van der Waals surface area (Å²) in [6, 6.07) is 51.3. The van der Waals surface area contributed by atoms with Crippen LogP contribution in [0.5, 0.6) is 0 Å². The van der Waals surface area contributed by atoms with E-state index < -0.39 is 0 Å². The van der Waals surface area contributed by atoms with Gasteiger partial charge in [-0.1, -0.05) is 90.6 Å². The summed E-state index contributed by atoms with van der Waals surface area (Å²) >= 11 is 1.80. The minimum Gasteiger partial charge on any atom is -0.309 e. The SMILES string of the molecule is c1ccc(-c2ccc3c4nccnc4c4ccc(N5c6ccccc6Sc6cc(-n7c8ccccc8c8ccccc87)ccc65)nc4c3n2)cc1. The van der Waals surface area contributed by atoms with Gasteiger partial charge in [0.15, 0.2) is 0 Å². The van der Waals surface area contributed by atoms with Crippen molar-refractivity contribution in [3.63, 3.8) is 0 Å². The van der Waals surface area contributed by atoms with Crippen molar-refractivity contribution < 1.29 is 0 Å². The normalized spacial score (nSPS) is 12.6. The van der Waals surface area contributed by atoms with Gasteiger partial charge in [0, 0.05) is 55.0 Å². The number of anilines is 3. The van der Waals surface area contributed by atoms with Crippen LogP contribution in [0.1, 0.15) is 0 Å². The Morgan fingerprint density at radius 1 is 0.451 bits per heavy atom. The molecule has 0 unspecified atom stereocenters. The van der Waals surface area contributed by atoms with E-state index in [4.69, 9.17) is 19.9 Å². The van der Waals surface area contributed by atoms with Crippen molar-refractivity contribution in [1.29, 1.82) is 0 Å². The summed E-state index contributed by atoms with van der Waals surface area (Å²) in [5.74, 6) is 0.817. The average Bonchev–Trinajstić information content (AvgIpc) is 3.54. The van der Waals surface area contributed by atoms with Crippen LogP contribution in [-0.4, -0.2) is 24.5 Å². The number of aromatic nitrogens is 5. The van der Waals surface area contributed by atoms with Crippen LogP contribution < -0.4 is 4.90 Å². The summed E-state index contributed by atoms with van der Waals surface area (Å²) in [4.78, 5) is 24.8. The number of hydrogen-bond acceptors (Lipinski definition) is 6. The summed E-state index contributed by atoms with van der Waals surface area (Å²) < 4.78 is 2.37. The molecular formula is C44H26N6S. The molecule has 0 N–H and O–H groups in total.